The first kappa shape index (κ1) is 28.3. The normalized spacial score (nSPS) is 37.5. The summed E-state index contributed by atoms with van der Waals surface area (Å²) in [4.78, 5) is 11.9. The summed E-state index contributed by atoms with van der Waals surface area (Å²) in [6.45, 7) is 3.91. The van der Waals surface area contributed by atoms with E-state index in [0.717, 1.165) is 5.57 Å². The molecule has 5 atom stereocenters. The maximum absolute atomic E-state index is 11.9. The molecule has 33 heavy (non-hydrogen) atoms. The molecule has 6 heteroatoms. The third-order valence-corrected chi connectivity index (χ3v) is 4.77. The van der Waals surface area contributed by atoms with Gasteiger partial charge in [-0.05, 0) is 26.7 Å². The Morgan fingerprint density at radius 2 is 1.42 bits per heavy atom. The Bertz CT molecular complexity index is 816. The fourth-order valence-electron chi connectivity index (χ4n) is 2.87. The number of aliphatic hydroxyl groups is 4. The Morgan fingerprint density at radius 3 is 2.18 bits per heavy atom. The summed E-state index contributed by atoms with van der Waals surface area (Å²) in [5.74, 6) is -0.184. The predicted octanol–water partition coefficient (Wildman–Crippen LogP) is 2.96. The van der Waals surface area contributed by atoms with Crippen LogP contribution in [0.5, 0.6) is 0 Å². The smallest absolute Gasteiger partial charge is 0.244 e. The quantitative estimate of drug-likeness (QED) is 0.386. The van der Waals surface area contributed by atoms with Crippen LogP contribution in [0.2, 0.25) is 0 Å². The fraction of sp³-hybridized carbons (Fsp3) is 0.370. The van der Waals surface area contributed by atoms with E-state index < -0.39 is 24.4 Å². The van der Waals surface area contributed by atoms with Crippen LogP contribution in [0.1, 0.15) is 33.1 Å². The summed E-state index contributed by atoms with van der Waals surface area (Å²) >= 11 is 0. The molecular weight excluding hydrogens is 418 g/mol. The Hall–Kier alpha value is -2.77. The first-order valence-corrected chi connectivity index (χ1v) is 11.2. The molecule has 1 amide bonds. The number of amides is 1. The van der Waals surface area contributed by atoms with Crippen molar-refractivity contribution < 1.29 is 25.2 Å². The van der Waals surface area contributed by atoms with Crippen LogP contribution in [0, 0.1) is 0 Å². The van der Waals surface area contributed by atoms with Gasteiger partial charge in [0.15, 0.2) is 0 Å². The molecule has 1 heterocycles. The highest BCUT2D eigenvalue weighted by Gasteiger charge is 2.25. The number of rotatable bonds is 0. The number of hydrogen-bond acceptors (Lipinski definition) is 5. The highest BCUT2D eigenvalue weighted by atomic mass is 16.4. The fourth-order valence-corrected chi connectivity index (χ4v) is 2.87. The molecule has 0 unspecified atom stereocenters. The standard InChI is InChI=1S/C27H37NO5/c1-21-14-8-6-7-9-17-23(29)20-25(31)27(33)24(30)18-10-4-3-5-11-19-26(32)28-22(2)16-13-12-15-21/h3-15,17,19,22-25,27,29-31,33H,16,18,20H2,1-2H3,(H,28,32)/b5-3+,7-6+,10-4+,13-12+,14-8-,17-9+,19-11+,21-15+/t22-,23-,24+,25-,27-/m0/s1. The Kier molecular flexibility index (Phi) is 14.4. The van der Waals surface area contributed by atoms with Crippen molar-refractivity contribution in [3.8, 4) is 0 Å². The van der Waals surface area contributed by atoms with Gasteiger partial charge in [-0.2, -0.15) is 0 Å². The molecule has 0 saturated carbocycles. The average molecular weight is 456 g/mol. The lowest BCUT2D eigenvalue weighted by Crippen LogP contribution is -2.38. The van der Waals surface area contributed by atoms with Crippen molar-refractivity contribution >= 4 is 5.91 Å². The molecule has 5 N–H and O–H groups in total. The molecule has 0 bridgehead atoms. The van der Waals surface area contributed by atoms with E-state index in [9.17, 15) is 25.2 Å². The zero-order chi connectivity index (χ0) is 24.5. The maximum atomic E-state index is 11.9. The summed E-state index contributed by atoms with van der Waals surface area (Å²) < 4.78 is 0. The van der Waals surface area contributed by atoms with E-state index in [0.29, 0.717) is 6.42 Å². The molecule has 1 aliphatic rings. The van der Waals surface area contributed by atoms with Crippen LogP contribution < -0.4 is 5.32 Å². The molecule has 1 rings (SSSR count). The number of hydrogen-bond donors (Lipinski definition) is 5. The second-order valence-corrected chi connectivity index (χ2v) is 7.95. The van der Waals surface area contributed by atoms with Crippen molar-refractivity contribution in [3.63, 3.8) is 0 Å². The molecule has 180 valence electrons. The summed E-state index contributed by atoms with van der Waals surface area (Å²) in [7, 11) is 0. The average Bonchev–Trinajstić information content (AvgIpc) is 2.76. The monoisotopic (exact) mass is 455 g/mol. The van der Waals surface area contributed by atoms with Gasteiger partial charge in [0, 0.05) is 18.5 Å². The number of carbonyl (C=O) groups is 1. The van der Waals surface area contributed by atoms with E-state index in [4.69, 9.17) is 0 Å². The topological polar surface area (TPSA) is 110 Å². The van der Waals surface area contributed by atoms with Gasteiger partial charge < -0.3 is 25.7 Å². The number of carbonyl (C=O) groups excluding carboxylic acids is 1. The molecule has 0 spiro atoms. The van der Waals surface area contributed by atoms with Crippen LogP contribution in [-0.4, -0.2) is 56.8 Å². The first-order valence-electron chi connectivity index (χ1n) is 11.2. The lowest BCUT2D eigenvalue weighted by atomic mass is 10.00. The van der Waals surface area contributed by atoms with Crippen molar-refractivity contribution in [2.45, 2.75) is 63.6 Å². The van der Waals surface area contributed by atoms with Crippen LogP contribution in [-0.2, 0) is 4.79 Å². The highest BCUT2D eigenvalue weighted by Crippen LogP contribution is 2.11. The molecule has 0 fully saturated rings. The van der Waals surface area contributed by atoms with Crippen molar-refractivity contribution in [2.24, 2.45) is 0 Å². The van der Waals surface area contributed by atoms with Gasteiger partial charge in [-0.3, -0.25) is 4.79 Å². The largest absolute Gasteiger partial charge is 0.390 e. The summed E-state index contributed by atoms with van der Waals surface area (Å²) in [6, 6.07) is -0.00146. The number of allylic oxidation sites excluding steroid dienone is 12. The lowest BCUT2D eigenvalue weighted by Gasteiger charge is -2.23. The third kappa shape index (κ3) is 14.1. The van der Waals surface area contributed by atoms with Crippen LogP contribution in [0.25, 0.3) is 0 Å². The SMILES string of the molecule is CC1=C\C=C\C[C@H](C)NC(=O)/C=C/C=C/C=C/C[C@@H](O)[C@H](O)[C@@H](O)C[C@@H](O)/C=C/C=C/C=C\1. The Balaban J connectivity index is 2.86. The second-order valence-electron chi connectivity index (χ2n) is 7.95. The Morgan fingerprint density at radius 1 is 0.788 bits per heavy atom. The van der Waals surface area contributed by atoms with Crippen LogP contribution in [0.4, 0.5) is 0 Å². The second kappa shape index (κ2) is 16.8. The highest BCUT2D eigenvalue weighted by molar-refractivity contribution is 5.87. The van der Waals surface area contributed by atoms with Gasteiger partial charge in [0.1, 0.15) is 6.10 Å². The third-order valence-electron chi connectivity index (χ3n) is 4.77. The number of aliphatic hydroxyl groups excluding tert-OH is 4. The molecule has 0 saturated heterocycles. The first-order chi connectivity index (χ1) is 15.8. The van der Waals surface area contributed by atoms with Crippen molar-refractivity contribution in [3.05, 3.63) is 96.7 Å². The van der Waals surface area contributed by atoms with Gasteiger partial charge in [-0.25, -0.2) is 0 Å². The van der Waals surface area contributed by atoms with Crippen molar-refractivity contribution in [2.75, 3.05) is 0 Å². The molecule has 0 aromatic rings. The zero-order valence-corrected chi connectivity index (χ0v) is 19.4. The summed E-state index contributed by atoms with van der Waals surface area (Å²) in [6.07, 6.45) is 22.2. The molecular formula is C27H37NO5. The molecule has 1 aliphatic heterocycles. The summed E-state index contributed by atoms with van der Waals surface area (Å²) in [5.41, 5.74) is 1.05. The molecule has 0 aliphatic carbocycles. The molecule has 6 nitrogen and oxygen atoms in total. The van der Waals surface area contributed by atoms with Gasteiger partial charge in [0.2, 0.25) is 5.91 Å². The molecule has 0 radical (unpaired) electrons. The molecule has 0 aromatic heterocycles. The van der Waals surface area contributed by atoms with E-state index in [2.05, 4.69) is 5.32 Å². The van der Waals surface area contributed by atoms with E-state index in [-0.39, 0.29) is 24.8 Å². The van der Waals surface area contributed by atoms with Gasteiger partial charge in [-0.15, -0.1) is 0 Å². The molecule has 0 aromatic carbocycles. The van der Waals surface area contributed by atoms with Crippen LogP contribution >= 0.6 is 0 Å². The van der Waals surface area contributed by atoms with Crippen molar-refractivity contribution in [1.82, 2.24) is 5.32 Å². The van der Waals surface area contributed by atoms with Crippen LogP contribution in [0.15, 0.2) is 96.7 Å². The van der Waals surface area contributed by atoms with E-state index in [1.807, 2.05) is 50.3 Å². The maximum Gasteiger partial charge on any atom is 0.244 e. The number of nitrogens with one attached hydrogen (secondary N) is 1. The van der Waals surface area contributed by atoms with Crippen LogP contribution in [0.3, 0.4) is 0 Å². The lowest BCUT2D eigenvalue weighted by molar-refractivity contribution is -0.117. The van der Waals surface area contributed by atoms with Gasteiger partial charge in [0.05, 0.1) is 18.3 Å². The van der Waals surface area contributed by atoms with Gasteiger partial charge in [0.25, 0.3) is 0 Å². The minimum absolute atomic E-state index is 0.00146. The minimum atomic E-state index is -1.38. The van der Waals surface area contributed by atoms with Crippen molar-refractivity contribution in [1.29, 1.82) is 0 Å². The zero-order valence-electron chi connectivity index (χ0n) is 19.4. The van der Waals surface area contributed by atoms with E-state index in [1.54, 1.807) is 42.5 Å². The van der Waals surface area contributed by atoms with Gasteiger partial charge >= 0.3 is 0 Å². The predicted molar refractivity (Wildman–Crippen MR) is 133 cm³/mol. The minimum Gasteiger partial charge on any atom is -0.390 e. The van der Waals surface area contributed by atoms with E-state index in [1.165, 1.54) is 12.2 Å². The Labute approximate surface area is 197 Å². The van der Waals surface area contributed by atoms with Gasteiger partial charge in [-0.1, -0.05) is 90.6 Å². The summed E-state index contributed by atoms with van der Waals surface area (Å²) in [5, 5.41) is 43.1. The van der Waals surface area contributed by atoms with E-state index >= 15 is 0 Å².